The van der Waals surface area contributed by atoms with Crippen LogP contribution in [0.5, 0.6) is 5.75 Å². The third kappa shape index (κ3) is 3.94. The van der Waals surface area contributed by atoms with Gasteiger partial charge in [0.1, 0.15) is 0 Å². The van der Waals surface area contributed by atoms with E-state index < -0.39 is 10.3 Å². The first-order valence-corrected chi connectivity index (χ1v) is 8.29. The first-order valence-electron chi connectivity index (χ1n) is 6.14. The van der Waals surface area contributed by atoms with Gasteiger partial charge in [0.05, 0.1) is 4.47 Å². The molecule has 0 aliphatic rings. The second-order valence-corrected chi connectivity index (χ2v) is 8.33. The lowest BCUT2D eigenvalue weighted by atomic mass is 9.86. The number of benzene rings is 1. The average molecular weight is 365 g/mol. The molecule has 0 amide bonds. The molecule has 0 heterocycles. The van der Waals surface area contributed by atoms with Gasteiger partial charge in [-0.3, -0.25) is 0 Å². The van der Waals surface area contributed by atoms with Crippen LogP contribution in [-0.2, 0) is 22.3 Å². The fraction of sp³-hybridized carbons (Fsp3) is 0.538. The molecule has 2 N–H and O–H groups in total. The zero-order valence-corrected chi connectivity index (χ0v) is 14.8. The van der Waals surface area contributed by atoms with Gasteiger partial charge in [-0.2, -0.15) is 12.7 Å². The van der Waals surface area contributed by atoms with Crippen LogP contribution < -0.4 is 9.92 Å². The highest BCUT2D eigenvalue weighted by molar-refractivity contribution is 9.10. The topological polar surface area (TPSA) is 72.6 Å². The second kappa shape index (κ2) is 6.01. The fourth-order valence-electron chi connectivity index (χ4n) is 1.51. The Morgan fingerprint density at radius 2 is 1.85 bits per heavy atom. The zero-order valence-electron chi connectivity index (χ0n) is 12.4. The molecule has 0 saturated carbocycles. The van der Waals surface area contributed by atoms with Crippen LogP contribution in [0.15, 0.2) is 16.6 Å². The van der Waals surface area contributed by atoms with Gasteiger partial charge in [0.2, 0.25) is 0 Å². The lowest BCUT2D eigenvalue weighted by Gasteiger charge is -2.22. The van der Waals surface area contributed by atoms with Crippen molar-refractivity contribution >= 4 is 26.2 Å². The van der Waals surface area contributed by atoms with Gasteiger partial charge in [-0.15, -0.1) is 0 Å². The SMILES string of the molecule is CN(C)S(=O)(=O)Oc1c(Br)cc(C(C)(C)C)cc1CN. The number of halogens is 1. The maximum Gasteiger partial charge on any atom is 0.384 e. The fourth-order valence-corrected chi connectivity index (χ4v) is 2.75. The molecular formula is C13H21BrN2O3S. The molecule has 1 aromatic rings. The Bertz CT molecular complexity index is 592. The third-order valence-electron chi connectivity index (χ3n) is 2.84. The molecule has 1 rings (SSSR count). The molecule has 1 aromatic carbocycles. The van der Waals surface area contributed by atoms with Crippen molar-refractivity contribution in [2.24, 2.45) is 5.73 Å². The van der Waals surface area contributed by atoms with Gasteiger partial charge in [-0.25, -0.2) is 0 Å². The summed E-state index contributed by atoms with van der Waals surface area (Å²) in [4.78, 5) is 0. The minimum Gasteiger partial charge on any atom is -0.369 e. The number of nitrogens with two attached hydrogens (primary N) is 1. The van der Waals surface area contributed by atoms with Crippen LogP contribution in [0.1, 0.15) is 31.9 Å². The van der Waals surface area contributed by atoms with Gasteiger partial charge in [0, 0.05) is 26.2 Å². The molecule has 0 aliphatic carbocycles. The van der Waals surface area contributed by atoms with Crippen LogP contribution in [-0.4, -0.2) is 26.8 Å². The maximum absolute atomic E-state index is 11.8. The molecule has 5 nitrogen and oxygen atoms in total. The zero-order chi connectivity index (χ0) is 15.7. The van der Waals surface area contributed by atoms with Gasteiger partial charge in [0.15, 0.2) is 5.75 Å². The molecule has 0 spiro atoms. The van der Waals surface area contributed by atoms with Crippen molar-refractivity contribution in [2.75, 3.05) is 14.1 Å². The van der Waals surface area contributed by atoms with Gasteiger partial charge in [-0.05, 0) is 33.0 Å². The van der Waals surface area contributed by atoms with Crippen molar-refractivity contribution in [1.82, 2.24) is 4.31 Å². The smallest absolute Gasteiger partial charge is 0.369 e. The van der Waals surface area contributed by atoms with Crippen LogP contribution in [0.4, 0.5) is 0 Å². The molecule has 0 atom stereocenters. The summed E-state index contributed by atoms with van der Waals surface area (Å²) < 4.78 is 30.4. The van der Waals surface area contributed by atoms with Crippen LogP contribution in [0.2, 0.25) is 0 Å². The Morgan fingerprint density at radius 3 is 2.25 bits per heavy atom. The van der Waals surface area contributed by atoms with Crippen molar-refractivity contribution in [1.29, 1.82) is 0 Å². The van der Waals surface area contributed by atoms with E-state index in [1.807, 2.05) is 12.1 Å². The predicted molar refractivity (Wildman–Crippen MR) is 84.0 cm³/mol. The van der Waals surface area contributed by atoms with Crippen molar-refractivity contribution < 1.29 is 12.6 Å². The summed E-state index contributed by atoms with van der Waals surface area (Å²) in [5.74, 6) is 0.245. The van der Waals surface area contributed by atoms with E-state index in [-0.39, 0.29) is 17.7 Å². The summed E-state index contributed by atoms with van der Waals surface area (Å²) in [7, 11) is -0.984. The van der Waals surface area contributed by atoms with E-state index >= 15 is 0 Å². The Kier molecular flexibility index (Phi) is 5.23. The van der Waals surface area contributed by atoms with E-state index in [0.29, 0.717) is 10.0 Å². The van der Waals surface area contributed by atoms with E-state index in [2.05, 4.69) is 36.7 Å². The third-order valence-corrected chi connectivity index (χ3v) is 4.70. The molecule has 0 unspecified atom stereocenters. The second-order valence-electron chi connectivity index (χ2n) is 5.72. The summed E-state index contributed by atoms with van der Waals surface area (Å²) >= 11 is 3.37. The highest BCUT2D eigenvalue weighted by Crippen LogP contribution is 2.36. The first-order chi connectivity index (χ1) is 8.99. The van der Waals surface area contributed by atoms with E-state index in [4.69, 9.17) is 9.92 Å². The molecule has 114 valence electrons. The summed E-state index contributed by atoms with van der Waals surface area (Å²) in [6.45, 7) is 6.42. The summed E-state index contributed by atoms with van der Waals surface area (Å²) in [5, 5.41) is 0. The van der Waals surface area contributed by atoms with E-state index in [0.717, 1.165) is 9.87 Å². The van der Waals surface area contributed by atoms with Crippen LogP contribution in [0.3, 0.4) is 0 Å². The number of nitrogens with zero attached hydrogens (tertiary/aromatic N) is 1. The summed E-state index contributed by atoms with van der Waals surface area (Å²) in [6, 6.07) is 3.74. The minimum absolute atomic E-state index is 0.0641. The first kappa shape index (κ1) is 17.4. The molecule has 7 heteroatoms. The Morgan fingerprint density at radius 1 is 1.30 bits per heavy atom. The van der Waals surface area contributed by atoms with Gasteiger partial charge in [0.25, 0.3) is 0 Å². The molecule has 0 saturated heterocycles. The summed E-state index contributed by atoms with van der Waals surface area (Å²) in [5.41, 5.74) is 7.36. The largest absolute Gasteiger partial charge is 0.384 e. The molecule has 0 aliphatic heterocycles. The standard InChI is InChI=1S/C13H21BrN2O3S/c1-13(2,3)10-6-9(8-15)12(11(14)7-10)19-20(17,18)16(4)5/h6-7H,8,15H2,1-5H3. The Balaban J connectivity index is 3.36. The van der Waals surface area contributed by atoms with Crippen molar-refractivity contribution in [3.63, 3.8) is 0 Å². The number of hydrogen-bond acceptors (Lipinski definition) is 4. The monoisotopic (exact) mass is 364 g/mol. The van der Waals surface area contributed by atoms with E-state index in [1.165, 1.54) is 14.1 Å². The van der Waals surface area contributed by atoms with Crippen molar-refractivity contribution in [2.45, 2.75) is 32.7 Å². The predicted octanol–water partition coefficient (Wildman–Crippen LogP) is 2.39. The number of hydrogen-bond donors (Lipinski definition) is 1. The molecular weight excluding hydrogens is 344 g/mol. The highest BCUT2D eigenvalue weighted by atomic mass is 79.9. The van der Waals surface area contributed by atoms with Crippen LogP contribution in [0, 0.1) is 0 Å². The average Bonchev–Trinajstić information content (AvgIpc) is 2.29. The lowest BCUT2D eigenvalue weighted by Crippen LogP contribution is -2.28. The van der Waals surface area contributed by atoms with Gasteiger partial charge >= 0.3 is 10.3 Å². The van der Waals surface area contributed by atoms with Crippen molar-refractivity contribution in [3.05, 3.63) is 27.7 Å². The lowest BCUT2D eigenvalue weighted by molar-refractivity contribution is 0.418. The molecule has 0 radical (unpaired) electrons. The molecule has 20 heavy (non-hydrogen) atoms. The summed E-state index contributed by atoms with van der Waals surface area (Å²) in [6.07, 6.45) is 0. The number of rotatable bonds is 4. The quantitative estimate of drug-likeness (QED) is 0.889. The van der Waals surface area contributed by atoms with Gasteiger partial charge < -0.3 is 9.92 Å². The Labute approximate surface area is 129 Å². The maximum atomic E-state index is 11.8. The molecule has 0 bridgehead atoms. The van der Waals surface area contributed by atoms with E-state index in [1.54, 1.807) is 0 Å². The molecule has 0 aromatic heterocycles. The highest BCUT2D eigenvalue weighted by Gasteiger charge is 2.23. The normalized spacial score (nSPS) is 12.8. The molecule has 0 fully saturated rings. The van der Waals surface area contributed by atoms with Crippen LogP contribution >= 0.6 is 15.9 Å². The van der Waals surface area contributed by atoms with Crippen molar-refractivity contribution in [3.8, 4) is 5.75 Å². The van der Waals surface area contributed by atoms with Crippen LogP contribution in [0.25, 0.3) is 0 Å². The van der Waals surface area contributed by atoms with E-state index in [9.17, 15) is 8.42 Å². The van der Waals surface area contributed by atoms with Gasteiger partial charge in [-0.1, -0.05) is 26.8 Å². The minimum atomic E-state index is -3.81. The Hall–Kier alpha value is -0.630.